The number of allylic oxidation sites excluding steroid dienone is 1. The topological polar surface area (TPSA) is 39.1 Å². The fraction of sp³-hybridized carbons (Fsp3) is 0.290. The van der Waals surface area contributed by atoms with Crippen molar-refractivity contribution in [1.82, 2.24) is 5.01 Å². The van der Waals surface area contributed by atoms with Crippen molar-refractivity contribution in [3.63, 3.8) is 0 Å². The van der Waals surface area contributed by atoms with Crippen LogP contribution < -0.4 is 9.80 Å². The Balaban J connectivity index is 1.55. The first-order valence-electron chi connectivity index (χ1n) is 12.7. The van der Waals surface area contributed by atoms with Gasteiger partial charge in [0.25, 0.3) is 5.91 Å². The molecule has 0 unspecified atom stereocenters. The zero-order valence-electron chi connectivity index (χ0n) is 21.9. The predicted octanol–water partition coefficient (Wildman–Crippen LogP) is 6.39. The Morgan fingerprint density at radius 2 is 1.59 bits per heavy atom. The van der Waals surface area contributed by atoms with Crippen LogP contribution in [0.3, 0.4) is 0 Å². The molecule has 5 rings (SSSR count). The maximum atomic E-state index is 14.0. The number of fused-ring (bicyclic) bond motifs is 1. The fourth-order valence-corrected chi connectivity index (χ4v) is 5.29. The molecule has 3 aromatic rings. The first kappa shape index (κ1) is 24.8. The van der Waals surface area contributed by atoms with Crippen LogP contribution in [0.4, 0.5) is 15.8 Å². The number of benzene rings is 3. The molecule has 6 heteroatoms. The van der Waals surface area contributed by atoms with Gasteiger partial charge in [-0.1, -0.05) is 30.3 Å². The molecule has 0 radical (unpaired) electrons. The van der Waals surface area contributed by atoms with Crippen molar-refractivity contribution < 1.29 is 9.18 Å². The Kier molecular flexibility index (Phi) is 6.83. The number of carbonyl (C=O) groups is 1. The molecule has 190 valence electrons. The number of halogens is 1. The van der Waals surface area contributed by atoms with Gasteiger partial charge < -0.3 is 9.80 Å². The summed E-state index contributed by atoms with van der Waals surface area (Å²) in [4.78, 5) is 17.8. The molecular weight excluding hydrogens is 463 g/mol. The number of nitrogens with zero attached hydrogens (tertiary/aromatic N) is 4. The average Bonchev–Trinajstić information content (AvgIpc) is 3.29. The zero-order chi connectivity index (χ0) is 26.1. The summed E-state index contributed by atoms with van der Waals surface area (Å²) in [6.45, 7) is 0. The minimum atomic E-state index is -0.427. The third-order valence-electron chi connectivity index (χ3n) is 7.28. The summed E-state index contributed by atoms with van der Waals surface area (Å²) < 4.78 is 14.0. The molecule has 0 N–H and O–H groups in total. The van der Waals surface area contributed by atoms with Crippen LogP contribution in [0, 0.1) is 11.7 Å². The van der Waals surface area contributed by atoms with E-state index in [2.05, 4.69) is 64.4 Å². The highest BCUT2D eigenvalue weighted by Gasteiger charge is 2.44. The van der Waals surface area contributed by atoms with Crippen LogP contribution in [-0.4, -0.2) is 44.8 Å². The first-order chi connectivity index (χ1) is 17.8. The normalized spacial score (nSPS) is 20.0. The maximum absolute atomic E-state index is 14.0. The van der Waals surface area contributed by atoms with Crippen molar-refractivity contribution in [3.05, 3.63) is 101 Å². The van der Waals surface area contributed by atoms with Crippen molar-refractivity contribution in [2.45, 2.75) is 25.3 Å². The second kappa shape index (κ2) is 10.2. The van der Waals surface area contributed by atoms with Crippen LogP contribution >= 0.6 is 0 Å². The maximum Gasteiger partial charge on any atom is 0.274 e. The molecule has 1 heterocycles. The van der Waals surface area contributed by atoms with Gasteiger partial charge in [0.15, 0.2) is 0 Å². The van der Waals surface area contributed by atoms with Crippen molar-refractivity contribution in [3.8, 4) is 0 Å². The van der Waals surface area contributed by atoms with Gasteiger partial charge in [-0.2, -0.15) is 5.10 Å². The van der Waals surface area contributed by atoms with Gasteiger partial charge in [0.2, 0.25) is 0 Å². The lowest BCUT2D eigenvalue weighted by molar-refractivity contribution is 0.0680. The lowest BCUT2D eigenvalue weighted by atomic mass is 9.77. The second-order valence-corrected chi connectivity index (χ2v) is 10.2. The zero-order valence-corrected chi connectivity index (χ0v) is 21.9. The summed E-state index contributed by atoms with van der Waals surface area (Å²) in [6, 6.07) is 22.4. The van der Waals surface area contributed by atoms with E-state index < -0.39 is 5.82 Å². The van der Waals surface area contributed by atoms with Crippen molar-refractivity contribution >= 4 is 29.1 Å². The minimum Gasteiger partial charge on any atom is -0.378 e. The summed E-state index contributed by atoms with van der Waals surface area (Å²) in [5, 5.41) is 6.54. The van der Waals surface area contributed by atoms with Crippen LogP contribution in [0.2, 0.25) is 0 Å². The van der Waals surface area contributed by atoms with Gasteiger partial charge in [-0.25, -0.2) is 9.40 Å². The molecule has 1 fully saturated rings. The van der Waals surface area contributed by atoms with E-state index in [1.165, 1.54) is 17.7 Å². The van der Waals surface area contributed by atoms with Crippen molar-refractivity contribution in [2.75, 3.05) is 38.0 Å². The van der Waals surface area contributed by atoms with E-state index in [1.807, 2.05) is 28.2 Å². The van der Waals surface area contributed by atoms with E-state index in [0.29, 0.717) is 5.56 Å². The van der Waals surface area contributed by atoms with Crippen molar-refractivity contribution in [2.24, 2.45) is 11.0 Å². The molecular formula is C31H33FN4O. The molecule has 2 atom stereocenters. The monoisotopic (exact) mass is 496 g/mol. The molecule has 1 amide bonds. The Labute approximate surface area is 218 Å². The highest BCUT2D eigenvalue weighted by atomic mass is 19.1. The summed E-state index contributed by atoms with van der Waals surface area (Å²) >= 11 is 0. The summed E-state index contributed by atoms with van der Waals surface area (Å²) in [7, 11) is 8.08. The van der Waals surface area contributed by atoms with Gasteiger partial charge in [0.1, 0.15) is 5.82 Å². The highest BCUT2D eigenvalue weighted by molar-refractivity contribution is 6.09. The van der Waals surface area contributed by atoms with Gasteiger partial charge in [0, 0.05) is 51.0 Å². The third-order valence-corrected chi connectivity index (χ3v) is 7.28. The third kappa shape index (κ3) is 5.01. The second-order valence-electron chi connectivity index (χ2n) is 10.2. The van der Waals surface area contributed by atoms with Gasteiger partial charge in [-0.3, -0.25) is 4.79 Å². The Hall–Kier alpha value is -3.93. The minimum absolute atomic E-state index is 0.0868. The fourth-order valence-electron chi connectivity index (χ4n) is 5.29. The number of rotatable bonds is 5. The summed E-state index contributed by atoms with van der Waals surface area (Å²) in [5.41, 5.74) is 6.84. The summed E-state index contributed by atoms with van der Waals surface area (Å²) in [6.07, 6.45) is 5.09. The van der Waals surface area contributed by atoms with E-state index in [-0.39, 0.29) is 17.9 Å². The SMILES string of the molecule is CN(C)c1ccc(/C=C2\CCC[C@H]3C2=NN(C(=O)c2cccc(F)c2)[C@H]3c2ccc(N(C)C)cc2)cc1. The van der Waals surface area contributed by atoms with Gasteiger partial charge >= 0.3 is 0 Å². The number of anilines is 2. The quantitative estimate of drug-likeness (QED) is 0.411. The number of hydrazone groups is 1. The van der Waals surface area contributed by atoms with Crippen molar-refractivity contribution in [1.29, 1.82) is 0 Å². The molecule has 2 aliphatic rings. The number of carbonyl (C=O) groups excluding carboxylic acids is 1. The molecule has 37 heavy (non-hydrogen) atoms. The number of hydrogen-bond acceptors (Lipinski definition) is 4. The highest BCUT2D eigenvalue weighted by Crippen LogP contribution is 2.45. The lowest BCUT2D eigenvalue weighted by Crippen LogP contribution is -2.32. The standard InChI is InChI=1S/C31H33FN4O/c1-34(2)26-15-11-21(12-16-26)19-23-7-6-10-28-29(23)33-36(31(37)24-8-5-9-25(32)20-24)30(28)22-13-17-27(18-14-22)35(3)4/h5,8-9,11-20,28,30H,6-7,10H2,1-4H3/b23-19+/t28-,30-/m0/s1. The Morgan fingerprint density at radius 3 is 2.22 bits per heavy atom. The van der Waals surface area contributed by atoms with Crippen LogP contribution in [0.1, 0.15) is 46.8 Å². The largest absolute Gasteiger partial charge is 0.378 e. The molecule has 1 aliphatic carbocycles. The molecule has 1 aliphatic heterocycles. The molecule has 0 spiro atoms. The van der Waals surface area contributed by atoms with E-state index in [0.717, 1.165) is 47.5 Å². The van der Waals surface area contributed by atoms with Crippen LogP contribution in [0.15, 0.2) is 83.5 Å². The van der Waals surface area contributed by atoms with Gasteiger partial charge in [0.05, 0.1) is 11.8 Å². The summed E-state index contributed by atoms with van der Waals surface area (Å²) in [5.74, 6) is -0.620. The van der Waals surface area contributed by atoms with Crippen LogP contribution in [0.25, 0.3) is 6.08 Å². The average molecular weight is 497 g/mol. The van der Waals surface area contributed by atoms with E-state index >= 15 is 0 Å². The van der Waals surface area contributed by atoms with E-state index in [1.54, 1.807) is 17.1 Å². The van der Waals surface area contributed by atoms with Crippen LogP contribution in [0.5, 0.6) is 0 Å². The van der Waals surface area contributed by atoms with Gasteiger partial charge in [-0.15, -0.1) is 0 Å². The van der Waals surface area contributed by atoms with E-state index in [9.17, 15) is 9.18 Å². The lowest BCUT2D eigenvalue weighted by Gasteiger charge is -2.30. The molecule has 0 bridgehead atoms. The predicted molar refractivity (Wildman–Crippen MR) is 150 cm³/mol. The smallest absolute Gasteiger partial charge is 0.274 e. The molecule has 5 nitrogen and oxygen atoms in total. The van der Waals surface area contributed by atoms with E-state index in [4.69, 9.17) is 5.10 Å². The van der Waals surface area contributed by atoms with Gasteiger partial charge in [-0.05, 0) is 84.5 Å². The Bertz CT molecular complexity index is 1340. The number of amides is 1. The molecule has 0 aromatic heterocycles. The first-order valence-corrected chi connectivity index (χ1v) is 12.7. The molecule has 0 saturated heterocycles. The Morgan fingerprint density at radius 1 is 0.946 bits per heavy atom. The van der Waals surface area contributed by atoms with Crippen LogP contribution in [-0.2, 0) is 0 Å². The molecule has 3 aromatic carbocycles. The molecule has 1 saturated carbocycles. The number of hydrogen-bond donors (Lipinski definition) is 0.